The van der Waals surface area contributed by atoms with Crippen LogP contribution in [0.3, 0.4) is 0 Å². The van der Waals surface area contributed by atoms with Crippen molar-refractivity contribution in [3.63, 3.8) is 0 Å². The average Bonchev–Trinajstić information content (AvgIpc) is 2.69. The van der Waals surface area contributed by atoms with E-state index in [0.29, 0.717) is 31.2 Å². The first-order valence-corrected chi connectivity index (χ1v) is 7.55. The molecule has 0 unspecified atom stereocenters. The molecule has 0 saturated heterocycles. The van der Waals surface area contributed by atoms with E-state index in [1.54, 1.807) is 12.1 Å². The van der Waals surface area contributed by atoms with Crippen LogP contribution in [0.1, 0.15) is 5.56 Å². The molecule has 0 bridgehead atoms. The number of hydrogen-bond acceptors (Lipinski definition) is 6. The summed E-state index contributed by atoms with van der Waals surface area (Å²) >= 11 is 9.17. The highest BCUT2D eigenvalue weighted by Crippen LogP contribution is 2.32. The minimum Gasteiger partial charge on any atom is -0.398 e. The lowest BCUT2D eigenvalue weighted by Gasteiger charge is -2.02. The number of hydrogen-bond donors (Lipinski definition) is 1. The lowest BCUT2D eigenvalue weighted by atomic mass is 10.2. The van der Waals surface area contributed by atoms with Gasteiger partial charge in [0.2, 0.25) is 0 Å². The molecule has 0 fully saturated rings. The highest BCUT2D eigenvalue weighted by Gasteiger charge is 2.09. The Balaban J connectivity index is 2.64. The third-order valence-corrected chi connectivity index (χ3v) is 4.87. The van der Waals surface area contributed by atoms with Crippen LogP contribution in [0.5, 0.6) is 0 Å². The highest BCUT2D eigenvalue weighted by molar-refractivity contribution is 9.10. The maximum Gasteiger partial charge on any atom is 0.179 e. The molecule has 2 aromatic rings. The summed E-state index contributed by atoms with van der Waals surface area (Å²) in [7, 11) is 2.63. The van der Waals surface area contributed by atoms with Gasteiger partial charge >= 0.3 is 0 Å². The quantitative estimate of drug-likeness (QED) is 0.635. The van der Waals surface area contributed by atoms with Gasteiger partial charge in [0.05, 0.1) is 21.4 Å². The lowest BCUT2D eigenvalue weighted by Crippen LogP contribution is -1.95. The van der Waals surface area contributed by atoms with E-state index in [0.717, 1.165) is 0 Å². The molecule has 0 aliphatic heterocycles. The van der Waals surface area contributed by atoms with Crippen LogP contribution < -0.4 is 10.4 Å². The van der Waals surface area contributed by atoms with Crippen molar-refractivity contribution in [2.75, 3.05) is 5.73 Å². The molecule has 0 amide bonds. The van der Waals surface area contributed by atoms with Gasteiger partial charge in [-0.25, -0.2) is 4.99 Å². The van der Waals surface area contributed by atoms with Gasteiger partial charge in [-0.1, -0.05) is 11.6 Å². The van der Waals surface area contributed by atoms with Gasteiger partial charge in [-0.3, -0.25) is 0 Å². The van der Waals surface area contributed by atoms with E-state index >= 15 is 0 Å². The fourth-order valence-electron chi connectivity index (χ4n) is 1.11. The number of nitriles is 1. The van der Waals surface area contributed by atoms with E-state index in [1.165, 1.54) is 20.9 Å². The molecule has 1 heterocycles. The zero-order chi connectivity index (χ0) is 12.4. The molecule has 0 spiro atoms. The Bertz CT molecular complexity index is 670. The maximum atomic E-state index is 8.97. The number of anilines is 1. The van der Waals surface area contributed by atoms with Crippen molar-refractivity contribution in [1.29, 1.82) is 5.26 Å². The minimum absolute atomic E-state index is 0.363. The fraction of sp³-hybridized carbons (Fsp3) is 0. The largest absolute Gasteiger partial charge is 0.398 e. The van der Waals surface area contributed by atoms with Gasteiger partial charge in [-0.2, -0.15) is 9.64 Å². The van der Waals surface area contributed by atoms with Crippen LogP contribution in [0.15, 0.2) is 21.6 Å². The second kappa shape index (κ2) is 5.14. The first-order valence-electron chi connectivity index (χ1n) is 4.28. The summed E-state index contributed by atoms with van der Waals surface area (Å²) in [4.78, 5) is 4.33. The molecular weight excluding hydrogens is 344 g/mol. The third-order valence-electron chi connectivity index (χ3n) is 1.90. The standard InChI is InChI=1S/C9H4BrClN4S2/c10-7-4(3-12)5(13)1-2-6(7)14-9-8(11)15-17-16-9/h1-2H,13H2. The Morgan fingerprint density at radius 2 is 2.29 bits per heavy atom. The summed E-state index contributed by atoms with van der Waals surface area (Å²) in [5.41, 5.74) is 7.07. The molecule has 1 aromatic carbocycles. The van der Waals surface area contributed by atoms with Crippen molar-refractivity contribution >= 4 is 59.8 Å². The number of aromatic nitrogens is 1. The summed E-state index contributed by atoms with van der Waals surface area (Å²) in [5.74, 6) is 0. The Morgan fingerprint density at radius 3 is 2.88 bits per heavy atom. The van der Waals surface area contributed by atoms with Crippen LogP contribution in [-0.2, 0) is 0 Å². The van der Waals surface area contributed by atoms with Crippen molar-refractivity contribution < 1.29 is 0 Å². The predicted molar refractivity (Wildman–Crippen MR) is 73.5 cm³/mol. The van der Waals surface area contributed by atoms with E-state index in [2.05, 4.69) is 25.3 Å². The Hall–Kier alpha value is -0.940. The van der Waals surface area contributed by atoms with Crippen molar-refractivity contribution in [3.05, 3.63) is 32.0 Å². The third kappa shape index (κ3) is 2.50. The van der Waals surface area contributed by atoms with E-state index in [4.69, 9.17) is 22.6 Å². The summed E-state index contributed by atoms with van der Waals surface area (Å²) < 4.78 is 5.11. The van der Waals surface area contributed by atoms with Crippen LogP contribution in [0.2, 0.25) is 5.15 Å². The molecule has 0 atom stereocenters. The molecule has 0 aliphatic rings. The van der Waals surface area contributed by atoms with Gasteiger partial charge in [0.1, 0.15) is 6.07 Å². The second-order valence-electron chi connectivity index (χ2n) is 2.93. The Kier molecular flexibility index (Phi) is 3.79. The van der Waals surface area contributed by atoms with Crippen LogP contribution in [0.4, 0.5) is 11.4 Å². The van der Waals surface area contributed by atoms with E-state index in [9.17, 15) is 0 Å². The number of benzene rings is 1. The van der Waals surface area contributed by atoms with Crippen molar-refractivity contribution in [1.82, 2.24) is 4.37 Å². The molecule has 86 valence electrons. The Morgan fingerprint density at radius 1 is 1.53 bits per heavy atom. The molecule has 0 radical (unpaired) electrons. The molecule has 8 heteroatoms. The zero-order valence-electron chi connectivity index (χ0n) is 8.15. The van der Waals surface area contributed by atoms with Gasteiger partial charge in [-0.15, -0.1) is 0 Å². The number of nitrogen functional groups attached to an aromatic ring is 1. The maximum absolute atomic E-state index is 8.97. The molecule has 2 rings (SSSR count). The molecule has 0 saturated carbocycles. The van der Waals surface area contributed by atoms with Crippen LogP contribution in [-0.4, -0.2) is 4.37 Å². The number of nitrogens with two attached hydrogens (primary N) is 1. The number of nitrogens with zero attached hydrogens (tertiary/aromatic N) is 3. The van der Waals surface area contributed by atoms with Gasteiger partial charge < -0.3 is 5.73 Å². The minimum atomic E-state index is 0.363. The van der Waals surface area contributed by atoms with E-state index < -0.39 is 0 Å². The smallest absolute Gasteiger partial charge is 0.179 e. The van der Waals surface area contributed by atoms with Crippen LogP contribution in [0.25, 0.3) is 0 Å². The topological polar surface area (TPSA) is 75.1 Å². The van der Waals surface area contributed by atoms with Crippen LogP contribution in [0, 0.1) is 11.3 Å². The Labute approximate surface area is 118 Å². The van der Waals surface area contributed by atoms with Crippen molar-refractivity contribution in [2.24, 2.45) is 4.99 Å². The summed E-state index contributed by atoms with van der Waals surface area (Å²) in [6.45, 7) is 0. The summed E-state index contributed by atoms with van der Waals surface area (Å²) in [5, 5.41) is 9.33. The van der Waals surface area contributed by atoms with Crippen molar-refractivity contribution in [3.8, 4) is 6.07 Å². The summed E-state index contributed by atoms with van der Waals surface area (Å²) in [6, 6.07) is 5.39. The van der Waals surface area contributed by atoms with Gasteiger partial charge in [0, 0.05) is 10.5 Å². The van der Waals surface area contributed by atoms with Gasteiger partial charge in [0.25, 0.3) is 0 Å². The SMILES string of the molecule is N#Cc1c(N)ccc(N=c2ssnc2Cl)c1Br. The zero-order valence-corrected chi connectivity index (χ0v) is 12.1. The molecule has 2 N–H and O–H groups in total. The van der Waals surface area contributed by atoms with Crippen LogP contribution >= 0.6 is 48.4 Å². The monoisotopic (exact) mass is 346 g/mol. The van der Waals surface area contributed by atoms with Gasteiger partial charge in [-0.05, 0) is 38.4 Å². The summed E-state index contributed by atoms with van der Waals surface area (Å²) in [6.07, 6.45) is 0. The lowest BCUT2D eigenvalue weighted by molar-refractivity contribution is 1.35. The first kappa shape index (κ1) is 12.5. The van der Waals surface area contributed by atoms with E-state index in [-0.39, 0.29) is 0 Å². The molecule has 0 aliphatic carbocycles. The molecule has 1 aromatic heterocycles. The molecule has 17 heavy (non-hydrogen) atoms. The molecular formula is C9H4BrClN4S2. The average molecular weight is 348 g/mol. The number of halogens is 2. The van der Waals surface area contributed by atoms with E-state index in [1.807, 2.05) is 6.07 Å². The normalized spacial score (nSPS) is 11.5. The van der Waals surface area contributed by atoms with Crippen molar-refractivity contribution in [2.45, 2.75) is 0 Å². The highest BCUT2D eigenvalue weighted by atomic mass is 79.9. The number of rotatable bonds is 1. The predicted octanol–water partition coefficient (Wildman–Crippen LogP) is 3.31. The van der Waals surface area contributed by atoms with Gasteiger partial charge in [0.15, 0.2) is 9.82 Å². The first-order chi connectivity index (χ1) is 8.13. The fourth-order valence-corrected chi connectivity index (χ4v) is 3.64. The molecule has 4 nitrogen and oxygen atoms in total. The second-order valence-corrected chi connectivity index (χ2v) is 5.91.